The molecule has 148 valence electrons. The molecular formula is C22H22N4O3. The van der Waals surface area contributed by atoms with E-state index in [-0.39, 0.29) is 29.7 Å². The van der Waals surface area contributed by atoms with E-state index in [1.807, 2.05) is 24.3 Å². The molecule has 3 heterocycles. The Hall–Kier alpha value is -3.53. The van der Waals surface area contributed by atoms with E-state index < -0.39 is 0 Å². The van der Waals surface area contributed by atoms with Crippen LogP contribution in [0.15, 0.2) is 47.3 Å². The van der Waals surface area contributed by atoms with Crippen LogP contribution >= 0.6 is 0 Å². The van der Waals surface area contributed by atoms with E-state index in [1.165, 1.54) is 12.8 Å². The Balaban J connectivity index is 1.52. The number of carbonyl (C=O) groups excluding carboxylic acids is 1. The van der Waals surface area contributed by atoms with Crippen LogP contribution < -0.4 is 10.1 Å². The molecule has 7 heteroatoms. The first-order valence-corrected chi connectivity index (χ1v) is 9.73. The number of rotatable bonds is 6. The van der Waals surface area contributed by atoms with Gasteiger partial charge in [0.05, 0.1) is 0 Å². The zero-order valence-electron chi connectivity index (χ0n) is 16.2. The van der Waals surface area contributed by atoms with Crippen molar-refractivity contribution in [2.45, 2.75) is 45.3 Å². The van der Waals surface area contributed by atoms with Crippen molar-refractivity contribution in [3.63, 3.8) is 0 Å². The Morgan fingerprint density at radius 3 is 2.83 bits per heavy atom. The molecule has 1 amide bonds. The van der Waals surface area contributed by atoms with Crippen LogP contribution in [0.4, 0.5) is 0 Å². The van der Waals surface area contributed by atoms with Crippen LogP contribution in [-0.4, -0.2) is 21.6 Å². The van der Waals surface area contributed by atoms with Gasteiger partial charge in [-0.25, -0.2) is 4.98 Å². The molecule has 29 heavy (non-hydrogen) atoms. The number of nitrogens with one attached hydrogen (secondary N) is 1. The van der Waals surface area contributed by atoms with Crippen LogP contribution in [0.1, 0.15) is 52.9 Å². The van der Waals surface area contributed by atoms with Gasteiger partial charge in [-0.1, -0.05) is 6.07 Å². The second kappa shape index (κ2) is 8.23. The summed E-state index contributed by atoms with van der Waals surface area (Å²) >= 11 is 0. The first kappa shape index (κ1) is 18.8. The molecule has 7 nitrogen and oxygen atoms in total. The molecule has 3 aromatic rings. The van der Waals surface area contributed by atoms with Crippen molar-refractivity contribution >= 4 is 5.91 Å². The second-order valence-corrected chi connectivity index (χ2v) is 7.09. The highest BCUT2D eigenvalue weighted by Gasteiger charge is 2.25. The Labute approximate surface area is 168 Å². The third kappa shape index (κ3) is 3.87. The number of aryl methyl sites for hydroxylation is 1. The van der Waals surface area contributed by atoms with Gasteiger partial charge in [-0.05, 0) is 50.8 Å². The summed E-state index contributed by atoms with van der Waals surface area (Å²) in [6.07, 6.45) is 9.81. The average molecular weight is 390 g/mol. The lowest BCUT2D eigenvalue weighted by atomic mass is 10.1. The molecule has 0 saturated heterocycles. The molecule has 0 bridgehead atoms. The quantitative estimate of drug-likeness (QED) is 0.689. The van der Waals surface area contributed by atoms with Gasteiger partial charge in [-0.3, -0.25) is 9.36 Å². The molecule has 0 aromatic carbocycles. The molecule has 1 fully saturated rings. The number of pyridine rings is 1. The van der Waals surface area contributed by atoms with Gasteiger partial charge in [0.25, 0.3) is 5.91 Å². The number of nitriles is 1. The second-order valence-electron chi connectivity index (χ2n) is 7.09. The summed E-state index contributed by atoms with van der Waals surface area (Å²) in [6, 6.07) is 9.45. The van der Waals surface area contributed by atoms with Gasteiger partial charge in [-0.2, -0.15) is 5.26 Å². The fourth-order valence-corrected chi connectivity index (χ4v) is 3.65. The summed E-state index contributed by atoms with van der Waals surface area (Å²) in [5, 5.41) is 12.5. The van der Waals surface area contributed by atoms with E-state index in [0.717, 1.165) is 18.4 Å². The largest absolute Gasteiger partial charge is 0.474 e. The topological polar surface area (TPSA) is 93.1 Å². The maximum Gasteiger partial charge on any atom is 0.256 e. The summed E-state index contributed by atoms with van der Waals surface area (Å²) in [4.78, 5) is 17.2. The predicted octanol–water partition coefficient (Wildman–Crippen LogP) is 3.90. The fourth-order valence-electron chi connectivity index (χ4n) is 3.65. The smallest absolute Gasteiger partial charge is 0.256 e. The molecule has 0 atom stereocenters. The Morgan fingerprint density at radius 2 is 2.10 bits per heavy atom. The third-order valence-electron chi connectivity index (χ3n) is 5.11. The number of hydrogen-bond acceptors (Lipinski definition) is 5. The molecule has 1 aliphatic rings. The summed E-state index contributed by atoms with van der Waals surface area (Å²) in [5.74, 6) is 0.928. The minimum absolute atomic E-state index is 0.185. The third-order valence-corrected chi connectivity index (χ3v) is 5.11. The lowest BCUT2D eigenvalue weighted by Crippen LogP contribution is -2.25. The Bertz CT molecular complexity index is 1040. The molecule has 0 unspecified atom stereocenters. The highest BCUT2D eigenvalue weighted by atomic mass is 16.5. The Morgan fingerprint density at radius 1 is 1.34 bits per heavy atom. The number of hydrogen-bond donors (Lipinski definition) is 1. The van der Waals surface area contributed by atoms with Crippen molar-refractivity contribution in [1.82, 2.24) is 14.9 Å². The van der Waals surface area contributed by atoms with Crippen LogP contribution in [0.25, 0.3) is 5.88 Å². The lowest BCUT2D eigenvalue weighted by molar-refractivity contribution is 0.0948. The zero-order chi connectivity index (χ0) is 20.2. The van der Waals surface area contributed by atoms with Crippen molar-refractivity contribution < 1.29 is 13.9 Å². The number of ether oxygens (including phenoxy) is 1. The summed E-state index contributed by atoms with van der Waals surface area (Å²) in [5.41, 5.74) is 1.27. The number of carbonyl (C=O) groups is 1. The van der Waals surface area contributed by atoms with E-state index in [0.29, 0.717) is 17.5 Å². The summed E-state index contributed by atoms with van der Waals surface area (Å²) < 4.78 is 13.4. The normalized spacial score (nSPS) is 13.9. The first-order valence-electron chi connectivity index (χ1n) is 9.73. The molecule has 4 rings (SSSR count). The minimum Gasteiger partial charge on any atom is -0.474 e. The number of amides is 1. The van der Waals surface area contributed by atoms with E-state index >= 15 is 0 Å². The van der Waals surface area contributed by atoms with Gasteiger partial charge >= 0.3 is 0 Å². The van der Waals surface area contributed by atoms with Gasteiger partial charge in [0, 0.05) is 30.7 Å². The maximum absolute atomic E-state index is 12.9. The highest BCUT2D eigenvalue weighted by molar-refractivity contribution is 5.98. The van der Waals surface area contributed by atoms with Gasteiger partial charge in [0.1, 0.15) is 29.1 Å². The monoisotopic (exact) mass is 390 g/mol. The van der Waals surface area contributed by atoms with Crippen LogP contribution in [0, 0.1) is 18.3 Å². The SMILES string of the molecule is Cc1oc(-n2cccc2)c(C#N)c1C(=O)NCc1cccnc1OC1CCCC1. The van der Waals surface area contributed by atoms with Crippen LogP contribution in [-0.2, 0) is 6.54 Å². The molecule has 0 radical (unpaired) electrons. The molecular weight excluding hydrogens is 368 g/mol. The van der Waals surface area contributed by atoms with Gasteiger partial charge in [0.2, 0.25) is 11.8 Å². The van der Waals surface area contributed by atoms with E-state index in [1.54, 1.807) is 30.1 Å². The standard InChI is InChI=1S/C22H22N4O3/c1-15-19(18(13-23)22(28-15)26-11-4-5-12-26)20(27)25-14-16-7-6-10-24-21(16)29-17-8-2-3-9-17/h4-7,10-12,17H,2-3,8-9,14H2,1H3,(H,25,27). The van der Waals surface area contributed by atoms with Crippen LogP contribution in [0.5, 0.6) is 5.88 Å². The number of furan rings is 1. The summed E-state index contributed by atoms with van der Waals surface area (Å²) in [6.45, 7) is 1.94. The first-order chi connectivity index (χ1) is 14.2. The summed E-state index contributed by atoms with van der Waals surface area (Å²) in [7, 11) is 0. The van der Waals surface area contributed by atoms with Crippen molar-refractivity contribution in [2.24, 2.45) is 0 Å². The van der Waals surface area contributed by atoms with Crippen LogP contribution in [0.2, 0.25) is 0 Å². The zero-order valence-corrected chi connectivity index (χ0v) is 16.2. The maximum atomic E-state index is 12.9. The van der Waals surface area contributed by atoms with Crippen LogP contribution in [0.3, 0.4) is 0 Å². The van der Waals surface area contributed by atoms with E-state index in [2.05, 4.69) is 16.4 Å². The van der Waals surface area contributed by atoms with Crippen molar-refractivity contribution in [2.75, 3.05) is 0 Å². The minimum atomic E-state index is -0.364. The van der Waals surface area contributed by atoms with E-state index in [9.17, 15) is 10.1 Å². The molecule has 0 aliphatic heterocycles. The molecule has 0 spiro atoms. The van der Waals surface area contributed by atoms with Gasteiger partial charge in [0.15, 0.2) is 0 Å². The van der Waals surface area contributed by atoms with E-state index in [4.69, 9.17) is 9.15 Å². The van der Waals surface area contributed by atoms with Crippen molar-refractivity contribution in [1.29, 1.82) is 5.26 Å². The molecule has 1 aliphatic carbocycles. The molecule has 1 N–H and O–H groups in total. The molecule has 3 aromatic heterocycles. The van der Waals surface area contributed by atoms with Crippen molar-refractivity contribution in [3.8, 4) is 17.8 Å². The van der Waals surface area contributed by atoms with Gasteiger partial charge in [-0.15, -0.1) is 0 Å². The fraction of sp³-hybridized carbons (Fsp3) is 0.318. The Kier molecular flexibility index (Phi) is 5.34. The molecule has 1 saturated carbocycles. The van der Waals surface area contributed by atoms with Gasteiger partial charge < -0.3 is 14.5 Å². The highest BCUT2D eigenvalue weighted by Crippen LogP contribution is 2.27. The predicted molar refractivity (Wildman–Crippen MR) is 106 cm³/mol. The van der Waals surface area contributed by atoms with Crippen molar-refractivity contribution in [3.05, 3.63) is 65.3 Å². The number of nitrogens with zero attached hydrogens (tertiary/aromatic N) is 3. The lowest BCUT2D eigenvalue weighted by Gasteiger charge is -2.15. The average Bonchev–Trinajstić information content (AvgIpc) is 3.48. The number of aromatic nitrogens is 2.